The van der Waals surface area contributed by atoms with Gasteiger partial charge in [-0.2, -0.15) is 0 Å². The zero-order valence-electron chi connectivity index (χ0n) is 17.9. The van der Waals surface area contributed by atoms with Gasteiger partial charge in [0.2, 0.25) is 5.91 Å². The summed E-state index contributed by atoms with van der Waals surface area (Å²) < 4.78 is 7.34. The second kappa shape index (κ2) is 10.3. The fraction of sp³-hybridized carbons (Fsp3) is 0.348. The number of hydrogen-bond acceptors (Lipinski definition) is 5. The van der Waals surface area contributed by atoms with Crippen LogP contribution in [-0.2, 0) is 11.3 Å². The van der Waals surface area contributed by atoms with Gasteiger partial charge in [-0.1, -0.05) is 37.2 Å². The van der Waals surface area contributed by atoms with Crippen LogP contribution in [0.25, 0.3) is 11.4 Å². The molecule has 0 spiro atoms. The SMILES string of the molecule is CCCCn1c(SCC(=O)Nc2cccc(C)c2C)nnc1-c1ccc(OC)cc1. The van der Waals surface area contributed by atoms with Crippen LogP contribution in [0, 0.1) is 13.8 Å². The van der Waals surface area contributed by atoms with E-state index in [2.05, 4.69) is 27.0 Å². The lowest BCUT2D eigenvalue weighted by Crippen LogP contribution is -2.15. The molecule has 7 heteroatoms. The van der Waals surface area contributed by atoms with Gasteiger partial charge < -0.3 is 14.6 Å². The average Bonchev–Trinajstić information content (AvgIpc) is 3.16. The lowest BCUT2D eigenvalue weighted by Gasteiger charge is -2.11. The predicted molar refractivity (Wildman–Crippen MR) is 122 cm³/mol. The molecule has 0 saturated carbocycles. The largest absolute Gasteiger partial charge is 0.497 e. The Bertz CT molecular complexity index is 999. The summed E-state index contributed by atoms with van der Waals surface area (Å²) in [5.41, 5.74) is 4.07. The number of nitrogens with one attached hydrogen (secondary N) is 1. The van der Waals surface area contributed by atoms with Crippen molar-refractivity contribution in [1.29, 1.82) is 0 Å². The van der Waals surface area contributed by atoms with Crippen LogP contribution in [0.1, 0.15) is 30.9 Å². The van der Waals surface area contributed by atoms with Crippen molar-refractivity contribution in [1.82, 2.24) is 14.8 Å². The molecule has 1 N–H and O–H groups in total. The molecule has 0 aliphatic heterocycles. The molecule has 0 atom stereocenters. The number of rotatable bonds is 9. The number of thioether (sulfide) groups is 1. The van der Waals surface area contributed by atoms with Crippen molar-refractivity contribution in [2.75, 3.05) is 18.2 Å². The molecule has 3 rings (SSSR count). The number of carbonyl (C=O) groups is 1. The van der Waals surface area contributed by atoms with E-state index in [9.17, 15) is 4.79 Å². The minimum Gasteiger partial charge on any atom is -0.497 e. The number of ether oxygens (including phenoxy) is 1. The van der Waals surface area contributed by atoms with E-state index in [0.717, 1.165) is 58.5 Å². The molecule has 1 aromatic heterocycles. The van der Waals surface area contributed by atoms with Crippen LogP contribution in [0.2, 0.25) is 0 Å². The summed E-state index contributed by atoms with van der Waals surface area (Å²) in [7, 11) is 1.65. The highest BCUT2D eigenvalue weighted by atomic mass is 32.2. The Morgan fingerprint density at radius 2 is 1.90 bits per heavy atom. The van der Waals surface area contributed by atoms with Crippen LogP contribution < -0.4 is 10.1 Å². The van der Waals surface area contributed by atoms with E-state index in [0.29, 0.717) is 0 Å². The first-order chi connectivity index (χ1) is 14.5. The molecule has 0 unspecified atom stereocenters. The molecular weight excluding hydrogens is 396 g/mol. The molecule has 158 valence electrons. The summed E-state index contributed by atoms with van der Waals surface area (Å²) in [5.74, 6) is 1.84. The smallest absolute Gasteiger partial charge is 0.234 e. The van der Waals surface area contributed by atoms with E-state index in [-0.39, 0.29) is 11.7 Å². The fourth-order valence-corrected chi connectivity index (χ4v) is 3.83. The topological polar surface area (TPSA) is 69.0 Å². The number of benzene rings is 2. The van der Waals surface area contributed by atoms with Crippen molar-refractivity contribution in [2.45, 2.75) is 45.3 Å². The van der Waals surface area contributed by atoms with Crippen LogP contribution in [0.15, 0.2) is 47.6 Å². The van der Waals surface area contributed by atoms with Gasteiger partial charge in [0, 0.05) is 17.8 Å². The number of carbonyl (C=O) groups excluding carboxylic acids is 1. The molecule has 0 radical (unpaired) electrons. The fourth-order valence-electron chi connectivity index (χ4n) is 3.07. The first-order valence-corrected chi connectivity index (χ1v) is 11.1. The lowest BCUT2D eigenvalue weighted by atomic mass is 10.1. The number of nitrogens with zero attached hydrogens (tertiary/aromatic N) is 3. The summed E-state index contributed by atoms with van der Waals surface area (Å²) in [5, 5.41) is 12.5. The van der Waals surface area contributed by atoms with Crippen molar-refractivity contribution in [3.8, 4) is 17.1 Å². The van der Waals surface area contributed by atoms with Crippen molar-refractivity contribution < 1.29 is 9.53 Å². The van der Waals surface area contributed by atoms with Crippen molar-refractivity contribution in [3.05, 3.63) is 53.6 Å². The number of aromatic nitrogens is 3. The summed E-state index contributed by atoms with van der Waals surface area (Å²) in [6.07, 6.45) is 2.08. The predicted octanol–water partition coefficient (Wildman–Crippen LogP) is 5.10. The number of hydrogen-bond donors (Lipinski definition) is 1. The molecule has 30 heavy (non-hydrogen) atoms. The minimum atomic E-state index is -0.0512. The maximum absolute atomic E-state index is 12.5. The van der Waals surface area contributed by atoms with Crippen LogP contribution in [0.3, 0.4) is 0 Å². The monoisotopic (exact) mass is 424 g/mol. The van der Waals surface area contributed by atoms with Crippen LogP contribution in [0.4, 0.5) is 5.69 Å². The van der Waals surface area contributed by atoms with Gasteiger partial charge >= 0.3 is 0 Å². The summed E-state index contributed by atoms with van der Waals surface area (Å²) >= 11 is 1.41. The van der Waals surface area contributed by atoms with Gasteiger partial charge in [0.1, 0.15) is 5.75 Å². The minimum absolute atomic E-state index is 0.0512. The summed E-state index contributed by atoms with van der Waals surface area (Å²) in [6, 6.07) is 13.7. The van der Waals surface area contributed by atoms with Crippen LogP contribution in [-0.4, -0.2) is 33.5 Å². The molecular formula is C23H28N4O2S. The molecule has 2 aromatic carbocycles. The molecule has 6 nitrogen and oxygen atoms in total. The molecule has 1 amide bonds. The third kappa shape index (κ3) is 5.21. The Kier molecular flexibility index (Phi) is 7.52. The highest BCUT2D eigenvalue weighted by molar-refractivity contribution is 7.99. The third-order valence-electron chi connectivity index (χ3n) is 5.01. The zero-order valence-corrected chi connectivity index (χ0v) is 18.8. The second-order valence-corrected chi connectivity index (χ2v) is 8.07. The summed E-state index contributed by atoms with van der Waals surface area (Å²) in [6.45, 7) is 7.02. The zero-order chi connectivity index (χ0) is 21.5. The number of anilines is 1. The highest BCUT2D eigenvalue weighted by Gasteiger charge is 2.16. The molecule has 0 fully saturated rings. The number of methoxy groups -OCH3 is 1. The third-order valence-corrected chi connectivity index (χ3v) is 5.98. The first-order valence-electron chi connectivity index (χ1n) is 10.1. The van der Waals surface area contributed by atoms with Crippen LogP contribution >= 0.6 is 11.8 Å². The van der Waals surface area contributed by atoms with Crippen molar-refractivity contribution >= 4 is 23.4 Å². The Morgan fingerprint density at radius 3 is 2.60 bits per heavy atom. The standard InChI is InChI=1S/C23H28N4O2S/c1-5-6-14-27-22(18-10-12-19(29-4)13-11-18)25-26-23(27)30-15-21(28)24-20-9-7-8-16(2)17(20)3/h7-13H,5-6,14-15H2,1-4H3,(H,24,28). The van der Waals surface area contributed by atoms with Crippen molar-refractivity contribution in [3.63, 3.8) is 0 Å². The number of aryl methyl sites for hydroxylation is 1. The van der Waals surface area contributed by atoms with E-state index >= 15 is 0 Å². The maximum Gasteiger partial charge on any atom is 0.234 e. The molecule has 1 heterocycles. The van der Waals surface area contributed by atoms with Gasteiger partial charge in [0.15, 0.2) is 11.0 Å². The second-order valence-electron chi connectivity index (χ2n) is 7.12. The van der Waals surface area contributed by atoms with Gasteiger partial charge in [-0.15, -0.1) is 10.2 Å². The van der Waals surface area contributed by atoms with Gasteiger partial charge in [0.05, 0.1) is 12.9 Å². The molecule has 0 saturated heterocycles. The quantitative estimate of drug-likeness (QED) is 0.484. The highest BCUT2D eigenvalue weighted by Crippen LogP contribution is 2.26. The Labute approximate surface area is 182 Å². The summed E-state index contributed by atoms with van der Waals surface area (Å²) in [4.78, 5) is 12.5. The normalized spacial score (nSPS) is 10.8. The number of amides is 1. The lowest BCUT2D eigenvalue weighted by molar-refractivity contribution is -0.113. The van der Waals surface area contributed by atoms with E-state index in [1.807, 2.05) is 56.3 Å². The molecule has 0 aliphatic rings. The first kappa shape index (κ1) is 21.9. The van der Waals surface area contributed by atoms with Gasteiger partial charge in [-0.3, -0.25) is 4.79 Å². The Balaban J connectivity index is 1.73. The Morgan fingerprint density at radius 1 is 1.13 bits per heavy atom. The van der Waals surface area contributed by atoms with Crippen LogP contribution in [0.5, 0.6) is 5.75 Å². The van der Waals surface area contributed by atoms with E-state index < -0.39 is 0 Å². The average molecular weight is 425 g/mol. The molecule has 0 bridgehead atoms. The molecule has 3 aromatic rings. The maximum atomic E-state index is 12.5. The van der Waals surface area contributed by atoms with E-state index in [4.69, 9.17) is 4.74 Å². The van der Waals surface area contributed by atoms with Crippen molar-refractivity contribution in [2.24, 2.45) is 0 Å². The molecule has 0 aliphatic carbocycles. The van der Waals surface area contributed by atoms with Gasteiger partial charge in [-0.25, -0.2) is 0 Å². The van der Waals surface area contributed by atoms with E-state index in [1.54, 1.807) is 7.11 Å². The number of unbranched alkanes of at least 4 members (excludes halogenated alkanes) is 1. The Hall–Kier alpha value is -2.80. The van der Waals surface area contributed by atoms with Gasteiger partial charge in [-0.05, 0) is 61.7 Å². The van der Waals surface area contributed by atoms with E-state index in [1.165, 1.54) is 11.8 Å². The van der Waals surface area contributed by atoms with Gasteiger partial charge in [0.25, 0.3) is 0 Å².